The van der Waals surface area contributed by atoms with Crippen LogP contribution in [0.25, 0.3) is 0 Å². The molecule has 0 aromatic heterocycles. The average molecular weight is 335 g/mol. The predicted molar refractivity (Wildman–Crippen MR) is 83.3 cm³/mol. The number of hydrogen-bond acceptors (Lipinski definition) is 5. The molecule has 7 nitrogen and oxygen atoms in total. The maximum absolute atomic E-state index is 12.9. The molecule has 0 unspecified atom stereocenters. The minimum atomic E-state index is -0.422. The zero-order valence-electron chi connectivity index (χ0n) is 13.3. The lowest BCUT2D eigenvalue weighted by Crippen LogP contribution is -2.39. The number of esters is 1. The molecule has 0 saturated carbocycles. The topological polar surface area (TPSA) is 88.1 Å². The highest BCUT2D eigenvalue weighted by Crippen LogP contribution is 2.14. The number of halogens is 1. The number of nitrogens with one attached hydrogen (secondary N) is 1. The van der Waals surface area contributed by atoms with Gasteiger partial charge in [0.15, 0.2) is 0 Å². The van der Waals surface area contributed by atoms with E-state index in [0.717, 1.165) is 0 Å². The fourth-order valence-corrected chi connectivity index (χ4v) is 2.13. The van der Waals surface area contributed by atoms with Crippen molar-refractivity contribution in [1.29, 1.82) is 0 Å². The molecular weight excluding hydrogens is 317 g/mol. The maximum atomic E-state index is 12.9. The Bertz CT molecular complexity index is 658. The van der Waals surface area contributed by atoms with Crippen molar-refractivity contribution in [2.24, 2.45) is 5.10 Å². The molecule has 128 valence electrons. The third-order valence-electron chi connectivity index (χ3n) is 3.46. The number of methoxy groups -OCH3 is 1. The van der Waals surface area contributed by atoms with Crippen molar-refractivity contribution in [3.8, 4) is 0 Å². The first kappa shape index (κ1) is 17.6. The lowest BCUT2D eigenvalue weighted by molar-refractivity contribution is -0.140. The van der Waals surface area contributed by atoms with Gasteiger partial charge in [-0.15, -0.1) is 0 Å². The van der Waals surface area contributed by atoms with Crippen LogP contribution in [0.5, 0.6) is 0 Å². The molecule has 0 bridgehead atoms. The number of rotatable bonds is 6. The van der Waals surface area contributed by atoms with E-state index in [2.05, 4.69) is 15.2 Å². The van der Waals surface area contributed by atoms with Gasteiger partial charge in [-0.2, -0.15) is 5.10 Å². The number of benzene rings is 1. The fraction of sp³-hybridized carbons (Fsp3) is 0.375. The van der Waals surface area contributed by atoms with Crippen LogP contribution >= 0.6 is 0 Å². The summed E-state index contributed by atoms with van der Waals surface area (Å²) in [6.45, 7) is 0.300. The number of nitrogens with zero attached hydrogens (tertiary/aromatic N) is 2. The summed E-state index contributed by atoms with van der Waals surface area (Å²) < 4.78 is 17.4. The highest BCUT2D eigenvalue weighted by Gasteiger charge is 2.24. The predicted octanol–water partition coefficient (Wildman–Crippen LogP) is 0.983. The molecule has 1 aromatic rings. The Morgan fingerprint density at radius 3 is 2.67 bits per heavy atom. The molecule has 0 atom stereocenters. The van der Waals surface area contributed by atoms with Crippen molar-refractivity contribution < 1.29 is 23.5 Å². The van der Waals surface area contributed by atoms with E-state index in [1.165, 1.54) is 24.3 Å². The molecule has 1 heterocycles. The average Bonchev–Trinajstić information content (AvgIpc) is 2.58. The Morgan fingerprint density at radius 2 is 2.00 bits per heavy atom. The summed E-state index contributed by atoms with van der Waals surface area (Å²) in [5.41, 5.74) is 0.933. The molecule has 2 rings (SSSR count). The summed E-state index contributed by atoms with van der Waals surface area (Å²) in [6, 6.07) is 5.72. The molecule has 0 radical (unpaired) electrons. The summed E-state index contributed by atoms with van der Waals surface area (Å²) >= 11 is 0. The zero-order chi connectivity index (χ0) is 17.5. The van der Waals surface area contributed by atoms with E-state index in [1.807, 2.05) is 0 Å². The van der Waals surface area contributed by atoms with E-state index >= 15 is 0 Å². The van der Waals surface area contributed by atoms with Gasteiger partial charge in [-0.05, 0) is 17.7 Å². The van der Waals surface area contributed by atoms with Crippen LogP contribution in [0.3, 0.4) is 0 Å². The summed E-state index contributed by atoms with van der Waals surface area (Å²) in [5.74, 6) is -1.41. The third-order valence-corrected chi connectivity index (χ3v) is 3.46. The quantitative estimate of drug-likeness (QED) is 0.785. The first-order chi connectivity index (χ1) is 11.5. The van der Waals surface area contributed by atoms with Gasteiger partial charge in [0.05, 0.1) is 20.1 Å². The molecule has 1 aliphatic heterocycles. The second-order valence-corrected chi connectivity index (χ2v) is 5.21. The van der Waals surface area contributed by atoms with Gasteiger partial charge in [-0.25, -0.2) is 9.40 Å². The fourth-order valence-electron chi connectivity index (χ4n) is 2.13. The Morgan fingerprint density at radius 1 is 1.29 bits per heavy atom. The van der Waals surface area contributed by atoms with Crippen LogP contribution in [0, 0.1) is 5.82 Å². The van der Waals surface area contributed by atoms with E-state index in [1.54, 1.807) is 12.1 Å². The number of carbonyl (C=O) groups is 3. The SMILES string of the molecule is COC(=O)CCNC(=O)C1=NN(Cc2ccc(F)cc2)C(=O)CC1. The van der Waals surface area contributed by atoms with E-state index < -0.39 is 11.9 Å². The smallest absolute Gasteiger partial charge is 0.307 e. The summed E-state index contributed by atoms with van der Waals surface area (Å²) in [6.07, 6.45) is 0.473. The lowest BCUT2D eigenvalue weighted by atomic mass is 10.1. The van der Waals surface area contributed by atoms with Gasteiger partial charge in [0.25, 0.3) is 5.91 Å². The Labute approximate surface area is 138 Å². The number of hydrogen-bond donors (Lipinski definition) is 1. The Hall–Kier alpha value is -2.77. The minimum Gasteiger partial charge on any atom is -0.469 e. The Kier molecular flexibility index (Phi) is 6.00. The molecule has 0 saturated heterocycles. The number of ether oxygens (including phenoxy) is 1. The van der Waals surface area contributed by atoms with Crippen LogP contribution in [0.2, 0.25) is 0 Å². The molecular formula is C16H18FN3O4. The molecule has 8 heteroatoms. The summed E-state index contributed by atoms with van der Waals surface area (Å²) in [7, 11) is 1.27. The summed E-state index contributed by atoms with van der Waals surface area (Å²) in [5, 5.41) is 7.84. The molecule has 0 aliphatic carbocycles. The van der Waals surface area contributed by atoms with E-state index in [-0.39, 0.29) is 49.8 Å². The van der Waals surface area contributed by atoms with Crippen LogP contribution in [-0.2, 0) is 25.7 Å². The van der Waals surface area contributed by atoms with Gasteiger partial charge < -0.3 is 10.1 Å². The molecule has 0 fully saturated rings. The van der Waals surface area contributed by atoms with Crippen LogP contribution in [0.15, 0.2) is 29.4 Å². The highest BCUT2D eigenvalue weighted by molar-refractivity contribution is 6.39. The maximum Gasteiger partial charge on any atom is 0.307 e. The molecule has 1 aromatic carbocycles. The second-order valence-electron chi connectivity index (χ2n) is 5.21. The van der Waals surface area contributed by atoms with Crippen LogP contribution in [0.1, 0.15) is 24.8 Å². The zero-order valence-corrected chi connectivity index (χ0v) is 13.3. The summed E-state index contributed by atoms with van der Waals surface area (Å²) in [4.78, 5) is 35.0. The first-order valence-electron chi connectivity index (χ1n) is 7.47. The number of amides is 2. The van der Waals surface area contributed by atoms with Crippen molar-refractivity contribution in [3.63, 3.8) is 0 Å². The van der Waals surface area contributed by atoms with Gasteiger partial charge in [-0.3, -0.25) is 14.4 Å². The third kappa shape index (κ3) is 4.87. The largest absolute Gasteiger partial charge is 0.469 e. The standard InChI is InChI=1S/C16H18FN3O4/c1-24-15(22)8-9-18-16(23)13-6-7-14(21)20(19-13)10-11-2-4-12(17)5-3-11/h2-5H,6-10H2,1H3,(H,18,23). The van der Waals surface area contributed by atoms with Crippen molar-refractivity contribution in [3.05, 3.63) is 35.6 Å². The normalized spacial score (nSPS) is 14.2. The molecule has 24 heavy (non-hydrogen) atoms. The van der Waals surface area contributed by atoms with Crippen molar-refractivity contribution in [1.82, 2.24) is 10.3 Å². The monoisotopic (exact) mass is 335 g/mol. The van der Waals surface area contributed by atoms with E-state index in [9.17, 15) is 18.8 Å². The highest BCUT2D eigenvalue weighted by atomic mass is 19.1. The minimum absolute atomic E-state index is 0.0632. The van der Waals surface area contributed by atoms with Gasteiger partial charge in [0, 0.05) is 19.4 Å². The van der Waals surface area contributed by atoms with Crippen LogP contribution < -0.4 is 5.32 Å². The van der Waals surface area contributed by atoms with Crippen LogP contribution in [0.4, 0.5) is 4.39 Å². The Balaban J connectivity index is 1.97. The lowest BCUT2D eigenvalue weighted by Gasteiger charge is -2.23. The van der Waals surface area contributed by atoms with E-state index in [0.29, 0.717) is 5.56 Å². The van der Waals surface area contributed by atoms with Crippen molar-refractivity contribution in [2.45, 2.75) is 25.8 Å². The second kappa shape index (κ2) is 8.19. The van der Waals surface area contributed by atoms with Gasteiger partial charge >= 0.3 is 5.97 Å². The molecule has 1 aliphatic rings. The van der Waals surface area contributed by atoms with Gasteiger partial charge in [0.2, 0.25) is 5.91 Å². The number of carbonyl (C=O) groups excluding carboxylic acids is 3. The van der Waals surface area contributed by atoms with Gasteiger partial charge in [-0.1, -0.05) is 12.1 Å². The van der Waals surface area contributed by atoms with Gasteiger partial charge in [0.1, 0.15) is 11.5 Å². The first-order valence-corrected chi connectivity index (χ1v) is 7.47. The van der Waals surface area contributed by atoms with E-state index in [4.69, 9.17) is 0 Å². The van der Waals surface area contributed by atoms with Crippen molar-refractivity contribution >= 4 is 23.5 Å². The molecule has 2 amide bonds. The number of hydrazone groups is 1. The molecule has 1 N–H and O–H groups in total. The van der Waals surface area contributed by atoms with Crippen molar-refractivity contribution in [2.75, 3.05) is 13.7 Å². The molecule has 0 spiro atoms. The van der Waals surface area contributed by atoms with Crippen LogP contribution in [-0.4, -0.2) is 42.2 Å².